The molecule has 1 atom stereocenters. The number of nitrogens with zero attached hydrogens (tertiary/aromatic N) is 1. The summed E-state index contributed by atoms with van der Waals surface area (Å²) >= 11 is 3.45. The smallest absolute Gasteiger partial charge is 0.287 e. The van der Waals surface area contributed by atoms with Crippen molar-refractivity contribution in [3.05, 3.63) is 57.6 Å². The maximum atomic E-state index is 12.9. The predicted molar refractivity (Wildman–Crippen MR) is 124 cm³/mol. The van der Waals surface area contributed by atoms with Gasteiger partial charge >= 0.3 is 0 Å². The van der Waals surface area contributed by atoms with E-state index in [1.54, 1.807) is 0 Å². The first-order valence-electron chi connectivity index (χ1n) is 10.2. The van der Waals surface area contributed by atoms with Gasteiger partial charge in [-0.25, -0.2) is 0 Å². The van der Waals surface area contributed by atoms with Crippen LogP contribution in [0.1, 0.15) is 53.4 Å². The molecule has 1 aliphatic heterocycles. The Morgan fingerprint density at radius 2 is 1.93 bits per heavy atom. The van der Waals surface area contributed by atoms with Crippen molar-refractivity contribution in [3.8, 4) is 0 Å². The molecule has 2 aromatic heterocycles. The molecular weight excluding hydrogens is 468 g/mol. The lowest BCUT2D eigenvalue weighted by atomic mass is 9.97. The fraction of sp³-hybridized carbons (Fsp3) is 0.435. The van der Waals surface area contributed by atoms with Crippen molar-refractivity contribution in [2.45, 2.75) is 39.7 Å². The van der Waals surface area contributed by atoms with Crippen molar-refractivity contribution >= 4 is 45.2 Å². The predicted octanol–water partition coefficient (Wildman–Crippen LogP) is 6.03. The molecule has 1 aliphatic rings. The number of likely N-dealkylation sites (tertiary alicyclic amines) is 1. The molecule has 0 aliphatic carbocycles. The van der Waals surface area contributed by atoms with Crippen LogP contribution in [0, 0.1) is 19.8 Å². The summed E-state index contributed by atoms with van der Waals surface area (Å²) in [6.07, 6.45) is 2.34. The number of rotatable bonds is 5. The van der Waals surface area contributed by atoms with E-state index in [1.807, 2.05) is 44.2 Å². The van der Waals surface area contributed by atoms with E-state index in [0.717, 1.165) is 46.0 Å². The van der Waals surface area contributed by atoms with Gasteiger partial charge in [-0.2, -0.15) is 0 Å². The zero-order valence-electron chi connectivity index (χ0n) is 17.5. The number of nitrogens with one attached hydrogen (secondary N) is 1. The molecular formula is C23H28BrClN2O3. The van der Waals surface area contributed by atoms with Crippen LogP contribution >= 0.6 is 28.3 Å². The Kier molecular flexibility index (Phi) is 7.32. The Morgan fingerprint density at radius 1 is 1.20 bits per heavy atom. The monoisotopic (exact) mass is 494 g/mol. The van der Waals surface area contributed by atoms with E-state index in [4.69, 9.17) is 8.83 Å². The van der Waals surface area contributed by atoms with Crippen molar-refractivity contribution in [1.29, 1.82) is 0 Å². The van der Waals surface area contributed by atoms with Crippen LogP contribution in [-0.4, -0.2) is 30.4 Å². The third-order valence-corrected chi connectivity index (χ3v) is 6.40. The summed E-state index contributed by atoms with van der Waals surface area (Å²) in [5, 5.41) is 4.05. The van der Waals surface area contributed by atoms with Crippen LogP contribution in [0.2, 0.25) is 0 Å². The van der Waals surface area contributed by atoms with Crippen LogP contribution in [0.3, 0.4) is 0 Å². The standard InChI is InChI=1S/C23H27BrN2O3.ClH/c1-14-8-10-26(11-9-14)19(20-7-4-15(2)28-20)13-25-23(27)22-16(3)18-6-5-17(24)12-21(18)29-22;/h4-7,12,14,19H,8-11,13H2,1-3H3,(H,25,27);1H. The van der Waals surface area contributed by atoms with E-state index in [-0.39, 0.29) is 24.4 Å². The summed E-state index contributed by atoms with van der Waals surface area (Å²) in [5.41, 5.74) is 1.58. The Bertz CT molecular complexity index is 1020. The number of fused-ring (bicyclic) bond motifs is 1. The van der Waals surface area contributed by atoms with Gasteiger partial charge in [-0.05, 0) is 76.0 Å². The minimum atomic E-state index is -0.187. The Morgan fingerprint density at radius 3 is 2.60 bits per heavy atom. The van der Waals surface area contributed by atoms with Crippen LogP contribution in [-0.2, 0) is 0 Å². The molecule has 1 aromatic carbocycles. The number of benzene rings is 1. The molecule has 0 radical (unpaired) electrons. The summed E-state index contributed by atoms with van der Waals surface area (Å²) < 4.78 is 12.7. The molecule has 1 fully saturated rings. The molecule has 1 unspecified atom stereocenters. The molecule has 0 bridgehead atoms. The van der Waals surface area contributed by atoms with Gasteiger partial charge in [0.1, 0.15) is 17.1 Å². The lowest BCUT2D eigenvalue weighted by Gasteiger charge is -2.35. The zero-order valence-corrected chi connectivity index (χ0v) is 19.9. The minimum Gasteiger partial charge on any atom is -0.465 e. The number of hydrogen-bond donors (Lipinski definition) is 1. The highest BCUT2D eigenvalue weighted by Gasteiger charge is 2.28. The number of aryl methyl sites for hydroxylation is 2. The van der Waals surface area contributed by atoms with E-state index in [1.165, 1.54) is 12.8 Å². The van der Waals surface area contributed by atoms with Gasteiger partial charge in [-0.1, -0.05) is 22.9 Å². The van der Waals surface area contributed by atoms with E-state index >= 15 is 0 Å². The Balaban J connectivity index is 0.00000256. The molecule has 0 spiro atoms. The van der Waals surface area contributed by atoms with Crippen molar-refractivity contribution in [3.63, 3.8) is 0 Å². The molecule has 4 rings (SSSR count). The van der Waals surface area contributed by atoms with Gasteiger partial charge in [0.15, 0.2) is 5.76 Å². The number of carbonyl (C=O) groups excluding carboxylic acids is 1. The maximum Gasteiger partial charge on any atom is 0.287 e. The number of halogens is 2. The molecule has 5 nitrogen and oxygen atoms in total. The molecule has 3 heterocycles. The molecule has 0 saturated carbocycles. The molecule has 1 N–H and O–H groups in total. The maximum absolute atomic E-state index is 12.9. The molecule has 3 aromatic rings. The molecule has 1 saturated heterocycles. The number of hydrogen-bond acceptors (Lipinski definition) is 4. The first kappa shape index (κ1) is 22.9. The second kappa shape index (κ2) is 9.58. The Hall–Kier alpha value is -1.76. The van der Waals surface area contributed by atoms with Crippen molar-refractivity contribution in [2.75, 3.05) is 19.6 Å². The van der Waals surface area contributed by atoms with E-state index < -0.39 is 0 Å². The number of amides is 1. The van der Waals surface area contributed by atoms with Gasteiger partial charge in [0.05, 0.1) is 6.04 Å². The van der Waals surface area contributed by atoms with Crippen LogP contribution in [0.5, 0.6) is 0 Å². The molecule has 162 valence electrons. The normalized spacial score (nSPS) is 16.4. The zero-order chi connectivity index (χ0) is 20.5. The van der Waals surface area contributed by atoms with E-state index in [2.05, 4.69) is 33.1 Å². The third-order valence-electron chi connectivity index (χ3n) is 5.91. The van der Waals surface area contributed by atoms with Crippen LogP contribution < -0.4 is 5.32 Å². The number of furan rings is 2. The highest BCUT2D eigenvalue weighted by atomic mass is 79.9. The minimum absolute atomic E-state index is 0. The van der Waals surface area contributed by atoms with Crippen molar-refractivity contribution in [2.24, 2.45) is 5.92 Å². The highest BCUT2D eigenvalue weighted by molar-refractivity contribution is 9.10. The second-order valence-electron chi connectivity index (χ2n) is 8.09. The van der Waals surface area contributed by atoms with E-state index in [0.29, 0.717) is 17.9 Å². The van der Waals surface area contributed by atoms with E-state index in [9.17, 15) is 4.79 Å². The van der Waals surface area contributed by atoms with Gasteiger partial charge in [-0.15, -0.1) is 12.4 Å². The average Bonchev–Trinajstić information content (AvgIpc) is 3.26. The van der Waals surface area contributed by atoms with Gasteiger partial charge in [-0.3, -0.25) is 9.69 Å². The first-order chi connectivity index (χ1) is 13.9. The summed E-state index contributed by atoms with van der Waals surface area (Å²) in [6.45, 7) is 8.69. The third kappa shape index (κ3) is 4.76. The first-order valence-corrected chi connectivity index (χ1v) is 11.0. The SMILES string of the molecule is Cc1ccc(C(CNC(=O)c2oc3cc(Br)ccc3c2C)N2CCC(C)CC2)o1.Cl. The number of piperidine rings is 1. The molecule has 1 amide bonds. The fourth-order valence-electron chi connectivity index (χ4n) is 4.07. The quantitative estimate of drug-likeness (QED) is 0.469. The van der Waals surface area contributed by atoms with Crippen molar-refractivity contribution < 1.29 is 13.6 Å². The second-order valence-corrected chi connectivity index (χ2v) is 9.01. The summed E-state index contributed by atoms with van der Waals surface area (Å²) in [5.74, 6) is 2.73. The average molecular weight is 496 g/mol. The van der Waals surface area contributed by atoms with Gasteiger partial charge in [0, 0.05) is 22.0 Å². The summed E-state index contributed by atoms with van der Waals surface area (Å²) in [7, 11) is 0. The van der Waals surface area contributed by atoms with Gasteiger partial charge < -0.3 is 14.2 Å². The van der Waals surface area contributed by atoms with Crippen LogP contribution in [0.15, 0.2) is 43.6 Å². The van der Waals surface area contributed by atoms with Crippen LogP contribution in [0.25, 0.3) is 11.0 Å². The van der Waals surface area contributed by atoms with Crippen molar-refractivity contribution in [1.82, 2.24) is 10.2 Å². The highest BCUT2D eigenvalue weighted by Crippen LogP contribution is 2.30. The summed E-state index contributed by atoms with van der Waals surface area (Å²) in [6, 6.07) is 9.85. The van der Waals surface area contributed by atoms with Crippen LogP contribution in [0.4, 0.5) is 0 Å². The summed E-state index contributed by atoms with van der Waals surface area (Å²) in [4.78, 5) is 15.3. The van der Waals surface area contributed by atoms with Gasteiger partial charge in [0.25, 0.3) is 5.91 Å². The lowest BCUT2D eigenvalue weighted by molar-refractivity contribution is 0.0871. The van der Waals surface area contributed by atoms with Gasteiger partial charge in [0.2, 0.25) is 0 Å². The largest absolute Gasteiger partial charge is 0.465 e. The number of carbonyl (C=O) groups is 1. The Labute approximate surface area is 191 Å². The molecule has 7 heteroatoms. The molecule has 30 heavy (non-hydrogen) atoms. The lowest BCUT2D eigenvalue weighted by Crippen LogP contribution is -2.41. The fourth-order valence-corrected chi connectivity index (χ4v) is 4.41. The topological polar surface area (TPSA) is 58.6 Å².